The minimum Gasteiger partial charge on any atom is -0.403 e. The number of anilines is 1. The number of amides is 1. The lowest BCUT2D eigenvalue weighted by Gasteiger charge is -2.32. The zero-order valence-electron chi connectivity index (χ0n) is 21.5. The van der Waals surface area contributed by atoms with Crippen LogP contribution in [0.3, 0.4) is 0 Å². The minimum absolute atomic E-state index is 0.00189. The Kier molecular flexibility index (Phi) is 8.31. The van der Waals surface area contributed by atoms with Gasteiger partial charge >= 0.3 is 6.01 Å². The van der Waals surface area contributed by atoms with Crippen molar-refractivity contribution in [1.82, 2.24) is 18.8 Å². The van der Waals surface area contributed by atoms with Crippen molar-refractivity contribution >= 4 is 32.0 Å². The predicted molar refractivity (Wildman–Crippen MR) is 141 cm³/mol. The van der Waals surface area contributed by atoms with E-state index in [1.54, 1.807) is 4.31 Å². The summed E-state index contributed by atoms with van der Waals surface area (Å²) in [4.78, 5) is 13.0. The predicted octanol–water partition coefficient (Wildman–Crippen LogP) is 3.58. The summed E-state index contributed by atoms with van der Waals surface area (Å²) in [5.41, 5.74) is 0.700. The van der Waals surface area contributed by atoms with Gasteiger partial charge in [-0.25, -0.2) is 21.1 Å². The summed E-state index contributed by atoms with van der Waals surface area (Å²) >= 11 is 0. The van der Waals surface area contributed by atoms with E-state index in [1.165, 1.54) is 62.6 Å². The molecule has 38 heavy (non-hydrogen) atoms. The maximum atomic E-state index is 13.2. The molecule has 4 rings (SSSR count). The van der Waals surface area contributed by atoms with Gasteiger partial charge in [0.05, 0.1) is 9.79 Å². The van der Waals surface area contributed by atoms with E-state index in [4.69, 9.17) is 4.42 Å². The number of benzene rings is 2. The molecular formula is C25H31N5O6S2. The molecule has 0 atom stereocenters. The Balaban J connectivity index is 1.44. The number of carbonyl (C=O) groups is 1. The molecule has 1 aromatic heterocycles. The van der Waals surface area contributed by atoms with E-state index in [0.29, 0.717) is 12.1 Å². The van der Waals surface area contributed by atoms with E-state index in [2.05, 4.69) is 15.5 Å². The SMILES string of the molecule is CCN(C1CCCCC1)S(=O)(=O)c1ccc(C(=O)Nc2nnc(-c3ccc(S(=O)(=O)N(C)C)cc3)o2)cc1. The van der Waals surface area contributed by atoms with Gasteiger partial charge in [0, 0.05) is 37.8 Å². The Bertz CT molecular complexity index is 1480. The monoisotopic (exact) mass is 561 g/mol. The Hall–Kier alpha value is -3.13. The number of nitrogens with zero attached hydrogens (tertiary/aromatic N) is 4. The summed E-state index contributed by atoms with van der Waals surface area (Å²) in [6.07, 6.45) is 4.90. The lowest BCUT2D eigenvalue weighted by Crippen LogP contribution is -2.41. The maximum absolute atomic E-state index is 13.2. The number of hydrogen-bond donors (Lipinski definition) is 1. The maximum Gasteiger partial charge on any atom is 0.322 e. The molecule has 2 aromatic carbocycles. The van der Waals surface area contributed by atoms with E-state index < -0.39 is 26.0 Å². The van der Waals surface area contributed by atoms with Crippen molar-refractivity contribution in [3.63, 3.8) is 0 Å². The van der Waals surface area contributed by atoms with Crippen LogP contribution in [0.5, 0.6) is 0 Å². The smallest absolute Gasteiger partial charge is 0.322 e. The van der Waals surface area contributed by atoms with E-state index in [0.717, 1.165) is 36.4 Å². The van der Waals surface area contributed by atoms with E-state index in [9.17, 15) is 21.6 Å². The number of sulfonamides is 2. The van der Waals surface area contributed by atoms with E-state index in [1.807, 2.05) is 6.92 Å². The molecule has 0 saturated heterocycles. The standard InChI is InChI=1S/C25H31N5O6S2/c1-4-30(20-8-6-5-7-9-20)38(34,35)22-14-10-18(11-15-22)23(31)26-25-28-27-24(36-25)19-12-16-21(17-13-19)37(32,33)29(2)3/h10-17,20H,4-9H2,1-3H3,(H,26,28,31). The fraction of sp³-hybridized carbons (Fsp3) is 0.400. The number of nitrogens with one attached hydrogen (secondary N) is 1. The third kappa shape index (κ3) is 5.80. The van der Waals surface area contributed by atoms with Crippen molar-refractivity contribution in [3.05, 3.63) is 54.1 Å². The van der Waals surface area contributed by atoms with Crippen molar-refractivity contribution in [3.8, 4) is 11.5 Å². The van der Waals surface area contributed by atoms with Gasteiger partial charge in [-0.05, 0) is 61.4 Å². The van der Waals surface area contributed by atoms with Gasteiger partial charge in [0.2, 0.25) is 25.9 Å². The van der Waals surface area contributed by atoms with Crippen LogP contribution < -0.4 is 5.32 Å². The second kappa shape index (κ2) is 11.3. The summed E-state index contributed by atoms with van der Waals surface area (Å²) in [6.45, 7) is 2.23. The molecule has 1 aliphatic rings. The molecule has 0 unspecified atom stereocenters. The second-order valence-electron chi connectivity index (χ2n) is 9.20. The second-order valence-corrected chi connectivity index (χ2v) is 13.2. The number of hydrogen-bond acceptors (Lipinski definition) is 8. The van der Waals surface area contributed by atoms with Crippen LogP contribution >= 0.6 is 0 Å². The van der Waals surface area contributed by atoms with Crippen molar-refractivity contribution < 1.29 is 26.0 Å². The van der Waals surface area contributed by atoms with Gasteiger partial charge in [-0.3, -0.25) is 10.1 Å². The van der Waals surface area contributed by atoms with Gasteiger partial charge in [0.25, 0.3) is 5.91 Å². The van der Waals surface area contributed by atoms with Crippen LogP contribution in [-0.4, -0.2) is 68.2 Å². The van der Waals surface area contributed by atoms with Crippen LogP contribution in [0.15, 0.2) is 62.7 Å². The minimum atomic E-state index is -3.68. The zero-order chi connectivity index (χ0) is 27.5. The number of carbonyl (C=O) groups excluding carboxylic acids is 1. The highest BCUT2D eigenvalue weighted by molar-refractivity contribution is 7.89. The molecule has 1 heterocycles. The normalized spacial score (nSPS) is 15.2. The first-order chi connectivity index (χ1) is 18.0. The Morgan fingerprint density at radius 2 is 1.47 bits per heavy atom. The summed E-state index contributed by atoms with van der Waals surface area (Å²) in [5.74, 6) is -0.450. The molecule has 204 valence electrons. The van der Waals surface area contributed by atoms with Crippen molar-refractivity contribution in [2.45, 2.75) is 54.9 Å². The van der Waals surface area contributed by atoms with Crippen LogP contribution in [-0.2, 0) is 20.0 Å². The summed E-state index contributed by atoms with van der Waals surface area (Å²) in [6, 6.07) is 11.5. The van der Waals surface area contributed by atoms with Crippen molar-refractivity contribution in [2.24, 2.45) is 0 Å². The van der Waals surface area contributed by atoms with Gasteiger partial charge in [0.1, 0.15) is 0 Å². The lowest BCUT2D eigenvalue weighted by molar-refractivity contribution is 0.102. The van der Waals surface area contributed by atoms with Crippen molar-refractivity contribution in [2.75, 3.05) is 26.0 Å². The first-order valence-corrected chi connectivity index (χ1v) is 15.2. The molecule has 1 saturated carbocycles. The molecule has 11 nitrogen and oxygen atoms in total. The van der Waals surface area contributed by atoms with Crippen LogP contribution in [0.2, 0.25) is 0 Å². The van der Waals surface area contributed by atoms with Crippen LogP contribution in [0.1, 0.15) is 49.4 Å². The summed E-state index contributed by atoms with van der Waals surface area (Å²) < 4.78 is 59.1. The average molecular weight is 562 g/mol. The van der Waals surface area contributed by atoms with Crippen molar-refractivity contribution in [1.29, 1.82) is 0 Å². The third-order valence-electron chi connectivity index (χ3n) is 6.54. The first-order valence-electron chi connectivity index (χ1n) is 12.3. The highest BCUT2D eigenvalue weighted by Gasteiger charge is 2.31. The highest BCUT2D eigenvalue weighted by Crippen LogP contribution is 2.28. The average Bonchev–Trinajstić information content (AvgIpc) is 3.38. The molecule has 1 aliphatic carbocycles. The van der Waals surface area contributed by atoms with Gasteiger partial charge < -0.3 is 4.42 Å². The third-order valence-corrected chi connectivity index (χ3v) is 10.4. The summed E-state index contributed by atoms with van der Waals surface area (Å²) in [5, 5.41) is 10.2. The topological polar surface area (TPSA) is 143 Å². The summed E-state index contributed by atoms with van der Waals surface area (Å²) in [7, 11) is -4.36. The molecule has 1 N–H and O–H groups in total. The fourth-order valence-corrected chi connectivity index (χ4v) is 7.04. The molecule has 0 radical (unpaired) electrons. The van der Waals surface area contributed by atoms with Gasteiger partial charge in [-0.1, -0.05) is 31.3 Å². The van der Waals surface area contributed by atoms with Gasteiger partial charge in [-0.15, -0.1) is 5.10 Å². The van der Waals surface area contributed by atoms with Gasteiger partial charge in [-0.2, -0.15) is 4.31 Å². The van der Waals surface area contributed by atoms with Crippen LogP contribution in [0, 0.1) is 0 Å². The quantitative estimate of drug-likeness (QED) is 0.418. The first kappa shape index (κ1) is 27.9. The Labute approximate surface area is 223 Å². The van der Waals surface area contributed by atoms with Crippen LogP contribution in [0.4, 0.5) is 6.01 Å². The molecule has 0 aliphatic heterocycles. The molecule has 0 bridgehead atoms. The Morgan fingerprint density at radius 3 is 2.05 bits per heavy atom. The van der Waals surface area contributed by atoms with E-state index in [-0.39, 0.29) is 33.3 Å². The van der Waals surface area contributed by atoms with E-state index >= 15 is 0 Å². The number of aromatic nitrogens is 2. The molecule has 1 fully saturated rings. The molecule has 13 heteroatoms. The highest BCUT2D eigenvalue weighted by atomic mass is 32.2. The molecule has 1 amide bonds. The van der Waals surface area contributed by atoms with Gasteiger partial charge in [0.15, 0.2) is 0 Å². The molecule has 0 spiro atoms. The zero-order valence-corrected chi connectivity index (χ0v) is 23.1. The fourth-order valence-electron chi connectivity index (χ4n) is 4.45. The molecule has 3 aromatic rings. The number of rotatable bonds is 9. The largest absolute Gasteiger partial charge is 0.403 e. The Morgan fingerprint density at radius 1 is 0.895 bits per heavy atom. The molecular weight excluding hydrogens is 530 g/mol. The lowest BCUT2D eigenvalue weighted by atomic mass is 9.95. The van der Waals surface area contributed by atoms with Crippen LogP contribution in [0.25, 0.3) is 11.5 Å².